The highest BCUT2D eigenvalue weighted by atomic mass is 35.5. The van der Waals surface area contributed by atoms with Gasteiger partial charge < -0.3 is 10.6 Å². The van der Waals surface area contributed by atoms with E-state index in [0.29, 0.717) is 39.6 Å². The molecule has 0 aliphatic rings. The minimum Gasteiger partial charge on any atom is -0.348 e. The van der Waals surface area contributed by atoms with Crippen molar-refractivity contribution in [2.45, 2.75) is 13.3 Å². The third kappa shape index (κ3) is 4.88. The summed E-state index contributed by atoms with van der Waals surface area (Å²) in [4.78, 5) is 37.1. The van der Waals surface area contributed by atoms with Gasteiger partial charge in [0, 0.05) is 27.7 Å². The van der Waals surface area contributed by atoms with Crippen LogP contribution in [-0.4, -0.2) is 28.9 Å². The second-order valence-corrected chi connectivity index (χ2v) is 7.10. The number of anilines is 1. The third-order valence-corrected chi connectivity index (χ3v) is 4.50. The minimum atomic E-state index is -0.886. The molecule has 0 bridgehead atoms. The molecular formula is C20H18Cl2N4O3. The van der Waals surface area contributed by atoms with Gasteiger partial charge in [0.25, 0.3) is 5.91 Å². The molecule has 0 spiro atoms. The lowest BCUT2D eigenvalue weighted by molar-refractivity contribution is -0.136. The SMILES string of the molecule is CCCNC(=O)C(=O)Nn1c(C(=O)Nc2cccc(Cl)c2)cc2cc(Cl)ccc21. The average Bonchev–Trinajstić information content (AvgIpc) is 3.03. The number of benzene rings is 2. The molecule has 3 rings (SSSR count). The average molecular weight is 433 g/mol. The number of hydrogen-bond donors (Lipinski definition) is 3. The zero-order valence-corrected chi connectivity index (χ0v) is 17.0. The number of fused-ring (bicyclic) bond motifs is 1. The van der Waals surface area contributed by atoms with E-state index in [-0.39, 0.29) is 5.69 Å². The number of halogens is 2. The lowest BCUT2D eigenvalue weighted by atomic mass is 10.2. The first-order valence-electron chi connectivity index (χ1n) is 8.86. The number of amides is 3. The lowest BCUT2D eigenvalue weighted by Crippen LogP contribution is -2.40. The molecule has 0 radical (unpaired) electrons. The van der Waals surface area contributed by atoms with Gasteiger partial charge in [0.1, 0.15) is 5.69 Å². The van der Waals surface area contributed by atoms with E-state index in [2.05, 4.69) is 16.1 Å². The fraction of sp³-hybridized carbons (Fsp3) is 0.150. The Labute approximate surface area is 176 Å². The molecule has 0 aliphatic carbocycles. The second-order valence-electron chi connectivity index (χ2n) is 6.23. The van der Waals surface area contributed by atoms with E-state index in [1.54, 1.807) is 48.5 Å². The summed E-state index contributed by atoms with van der Waals surface area (Å²) in [6.07, 6.45) is 0.692. The van der Waals surface area contributed by atoms with Gasteiger partial charge in [-0.25, -0.2) is 4.68 Å². The number of carbonyl (C=O) groups excluding carboxylic acids is 3. The quantitative estimate of drug-likeness (QED) is 0.535. The van der Waals surface area contributed by atoms with Crippen LogP contribution in [-0.2, 0) is 9.59 Å². The van der Waals surface area contributed by atoms with Crippen molar-refractivity contribution in [3.05, 3.63) is 64.3 Å². The summed E-state index contributed by atoms with van der Waals surface area (Å²) < 4.78 is 1.26. The maximum Gasteiger partial charge on any atom is 0.328 e. The minimum absolute atomic E-state index is 0.124. The fourth-order valence-electron chi connectivity index (χ4n) is 2.71. The van der Waals surface area contributed by atoms with Gasteiger partial charge in [-0.3, -0.25) is 19.8 Å². The highest BCUT2D eigenvalue weighted by molar-refractivity contribution is 6.38. The van der Waals surface area contributed by atoms with Gasteiger partial charge in [-0.05, 0) is 48.9 Å². The normalized spacial score (nSPS) is 10.6. The van der Waals surface area contributed by atoms with E-state index >= 15 is 0 Å². The van der Waals surface area contributed by atoms with E-state index in [1.807, 2.05) is 6.92 Å². The van der Waals surface area contributed by atoms with Gasteiger partial charge in [0.05, 0.1) is 5.52 Å². The maximum atomic E-state index is 12.9. The first-order valence-corrected chi connectivity index (χ1v) is 9.61. The van der Waals surface area contributed by atoms with Crippen LogP contribution in [0, 0.1) is 0 Å². The molecule has 3 N–H and O–H groups in total. The van der Waals surface area contributed by atoms with Crippen molar-refractivity contribution in [3.8, 4) is 0 Å². The van der Waals surface area contributed by atoms with E-state index in [1.165, 1.54) is 4.68 Å². The fourth-order valence-corrected chi connectivity index (χ4v) is 3.08. The van der Waals surface area contributed by atoms with E-state index in [0.717, 1.165) is 0 Å². The maximum absolute atomic E-state index is 12.9. The summed E-state index contributed by atoms with van der Waals surface area (Å²) in [6.45, 7) is 2.25. The third-order valence-electron chi connectivity index (χ3n) is 4.03. The molecule has 1 aromatic heterocycles. The predicted octanol–water partition coefficient (Wildman–Crippen LogP) is 3.80. The van der Waals surface area contributed by atoms with Crippen molar-refractivity contribution >= 4 is 57.5 Å². The van der Waals surface area contributed by atoms with Crippen LogP contribution in [0.4, 0.5) is 5.69 Å². The monoisotopic (exact) mass is 432 g/mol. The lowest BCUT2D eigenvalue weighted by Gasteiger charge is -2.12. The Bertz CT molecular complexity index is 1090. The highest BCUT2D eigenvalue weighted by Crippen LogP contribution is 2.24. The number of aromatic nitrogens is 1. The van der Waals surface area contributed by atoms with Crippen LogP contribution in [0.1, 0.15) is 23.8 Å². The van der Waals surface area contributed by atoms with Crippen LogP contribution in [0.3, 0.4) is 0 Å². The van der Waals surface area contributed by atoms with Crippen molar-refractivity contribution < 1.29 is 14.4 Å². The molecule has 3 amide bonds. The Morgan fingerprint density at radius 3 is 2.45 bits per heavy atom. The number of rotatable bonds is 5. The molecule has 2 aromatic carbocycles. The molecule has 1 heterocycles. The molecular weight excluding hydrogens is 415 g/mol. The Hall–Kier alpha value is -3.03. The summed E-state index contributed by atoms with van der Waals surface area (Å²) >= 11 is 12.0. The first kappa shape index (κ1) is 20.7. The topological polar surface area (TPSA) is 92.2 Å². The molecule has 3 aromatic rings. The van der Waals surface area contributed by atoms with E-state index < -0.39 is 17.7 Å². The van der Waals surface area contributed by atoms with Crippen molar-refractivity contribution in [3.63, 3.8) is 0 Å². The first-order chi connectivity index (χ1) is 13.9. The van der Waals surface area contributed by atoms with Crippen molar-refractivity contribution in [1.29, 1.82) is 0 Å². The van der Waals surface area contributed by atoms with Gasteiger partial charge in [-0.1, -0.05) is 36.2 Å². The summed E-state index contributed by atoms with van der Waals surface area (Å²) in [6, 6.07) is 13.2. The van der Waals surface area contributed by atoms with Crippen LogP contribution >= 0.6 is 23.2 Å². The van der Waals surface area contributed by atoms with Gasteiger partial charge >= 0.3 is 11.8 Å². The summed E-state index contributed by atoms with van der Waals surface area (Å²) in [7, 11) is 0. The molecule has 0 unspecified atom stereocenters. The smallest absolute Gasteiger partial charge is 0.328 e. The van der Waals surface area contributed by atoms with Crippen LogP contribution in [0.25, 0.3) is 10.9 Å². The van der Waals surface area contributed by atoms with Crippen LogP contribution in [0.5, 0.6) is 0 Å². The van der Waals surface area contributed by atoms with Gasteiger partial charge in [0.2, 0.25) is 0 Å². The molecule has 7 nitrogen and oxygen atoms in total. The predicted molar refractivity (Wildman–Crippen MR) is 114 cm³/mol. The Balaban J connectivity index is 1.95. The Morgan fingerprint density at radius 1 is 0.966 bits per heavy atom. The van der Waals surface area contributed by atoms with Crippen molar-refractivity contribution in [2.75, 3.05) is 17.3 Å². The number of nitrogens with one attached hydrogen (secondary N) is 3. The van der Waals surface area contributed by atoms with Crippen molar-refractivity contribution in [1.82, 2.24) is 9.99 Å². The Kier molecular flexibility index (Phi) is 6.41. The number of nitrogens with zero attached hydrogens (tertiary/aromatic N) is 1. The van der Waals surface area contributed by atoms with Gasteiger partial charge in [-0.2, -0.15) is 0 Å². The van der Waals surface area contributed by atoms with Gasteiger partial charge in [0.15, 0.2) is 0 Å². The second kappa shape index (κ2) is 8.98. The molecule has 150 valence electrons. The standard InChI is InChI=1S/C20H18Cl2N4O3/c1-2-8-23-19(28)20(29)25-26-16-7-6-14(22)9-12(16)10-17(26)18(27)24-15-5-3-4-13(21)11-15/h3-7,9-11H,2,8H2,1H3,(H,23,28)(H,24,27)(H,25,29). The Morgan fingerprint density at radius 2 is 1.72 bits per heavy atom. The highest BCUT2D eigenvalue weighted by Gasteiger charge is 2.21. The summed E-state index contributed by atoms with van der Waals surface area (Å²) in [5, 5.41) is 6.79. The molecule has 0 atom stereocenters. The number of carbonyl (C=O) groups is 3. The van der Waals surface area contributed by atoms with Crippen LogP contribution in [0.2, 0.25) is 10.0 Å². The van der Waals surface area contributed by atoms with Crippen molar-refractivity contribution in [2.24, 2.45) is 0 Å². The van der Waals surface area contributed by atoms with E-state index in [9.17, 15) is 14.4 Å². The zero-order valence-electron chi connectivity index (χ0n) is 15.5. The van der Waals surface area contributed by atoms with Crippen LogP contribution in [0.15, 0.2) is 48.5 Å². The molecule has 29 heavy (non-hydrogen) atoms. The van der Waals surface area contributed by atoms with Gasteiger partial charge in [-0.15, -0.1) is 0 Å². The molecule has 0 fully saturated rings. The molecule has 0 saturated carbocycles. The number of hydrogen-bond acceptors (Lipinski definition) is 3. The zero-order chi connectivity index (χ0) is 21.0. The summed E-state index contributed by atoms with van der Waals surface area (Å²) in [5.74, 6) is -2.17. The summed E-state index contributed by atoms with van der Waals surface area (Å²) in [5.41, 5.74) is 3.61. The largest absolute Gasteiger partial charge is 0.348 e. The van der Waals surface area contributed by atoms with E-state index in [4.69, 9.17) is 23.2 Å². The molecule has 0 saturated heterocycles. The molecule has 9 heteroatoms. The van der Waals surface area contributed by atoms with Crippen LogP contribution < -0.4 is 16.1 Å². The molecule has 0 aliphatic heterocycles.